The lowest BCUT2D eigenvalue weighted by Crippen LogP contribution is -2.00. The number of ether oxygens (including phenoxy) is 1. The molecule has 1 aromatic carbocycles. The van der Waals surface area contributed by atoms with Crippen molar-refractivity contribution >= 4 is 0 Å². The Morgan fingerprint density at radius 2 is 2.31 bits per heavy atom. The molecule has 0 fully saturated rings. The van der Waals surface area contributed by atoms with Gasteiger partial charge in [-0.25, -0.2) is 0 Å². The summed E-state index contributed by atoms with van der Waals surface area (Å²) >= 11 is 0. The molecule has 0 bridgehead atoms. The molecule has 0 amide bonds. The maximum Gasteiger partial charge on any atom is 0.141 e. The van der Waals surface area contributed by atoms with Crippen molar-refractivity contribution in [3.05, 3.63) is 28.8 Å². The highest BCUT2D eigenvalue weighted by atomic mass is 16.5. The molecule has 0 saturated carbocycles. The fourth-order valence-corrected chi connectivity index (χ4v) is 1.67. The van der Waals surface area contributed by atoms with Gasteiger partial charge in [0, 0.05) is 18.7 Å². The molecular formula is C10H10N2O. The summed E-state index contributed by atoms with van der Waals surface area (Å²) in [4.78, 5) is 0. The van der Waals surface area contributed by atoms with Gasteiger partial charge in [0.05, 0.1) is 12.7 Å². The Kier molecular flexibility index (Phi) is 1.91. The molecule has 1 aromatic rings. The number of fused-ring (bicyclic) bond motifs is 1. The van der Waals surface area contributed by atoms with Crippen molar-refractivity contribution in [2.24, 2.45) is 0 Å². The van der Waals surface area contributed by atoms with Gasteiger partial charge in [0.15, 0.2) is 0 Å². The van der Waals surface area contributed by atoms with Crippen LogP contribution in [0.3, 0.4) is 0 Å². The van der Waals surface area contributed by atoms with Gasteiger partial charge >= 0.3 is 0 Å². The van der Waals surface area contributed by atoms with Gasteiger partial charge < -0.3 is 10.1 Å². The molecule has 3 nitrogen and oxygen atoms in total. The van der Waals surface area contributed by atoms with Crippen LogP contribution in [0.4, 0.5) is 0 Å². The van der Waals surface area contributed by atoms with Gasteiger partial charge in [0.25, 0.3) is 0 Å². The topological polar surface area (TPSA) is 45.0 Å². The third-order valence-electron chi connectivity index (χ3n) is 2.30. The van der Waals surface area contributed by atoms with E-state index >= 15 is 0 Å². The summed E-state index contributed by atoms with van der Waals surface area (Å²) in [6.07, 6.45) is 0. The van der Waals surface area contributed by atoms with Crippen LogP contribution in [0.5, 0.6) is 5.75 Å². The Bertz CT molecular complexity index is 379. The lowest BCUT2D eigenvalue weighted by atomic mass is 10.1. The highest BCUT2D eigenvalue weighted by molar-refractivity contribution is 5.53. The molecule has 0 spiro atoms. The van der Waals surface area contributed by atoms with Crippen LogP contribution in [0.2, 0.25) is 0 Å². The van der Waals surface area contributed by atoms with Crippen molar-refractivity contribution in [3.63, 3.8) is 0 Å². The van der Waals surface area contributed by atoms with E-state index in [0.717, 1.165) is 24.4 Å². The largest absolute Gasteiger partial charge is 0.495 e. The van der Waals surface area contributed by atoms with Crippen LogP contribution >= 0.6 is 0 Å². The number of nitrogens with zero attached hydrogens (tertiary/aromatic N) is 1. The quantitative estimate of drug-likeness (QED) is 0.695. The van der Waals surface area contributed by atoms with E-state index in [1.54, 1.807) is 7.11 Å². The number of hydrogen-bond donors (Lipinski definition) is 1. The molecule has 0 unspecified atom stereocenters. The Morgan fingerprint density at radius 3 is 3.00 bits per heavy atom. The van der Waals surface area contributed by atoms with Crippen LogP contribution in [0.15, 0.2) is 12.1 Å². The van der Waals surface area contributed by atoms with Crippen molar-refractivity contribution in [1.82, 2.24) is 5.32 Å². The van der Waals surface area contributed by atoms with E-state index in [4.69, 9.17) is 10.00 Å². The molecule has 1 heterocycles. The third-order valence-corrected chi connectivity index (χ3v) is 2.30. The molecular weight excluding hydrogens is 164 g/mol. The monoisotopic (exact) mass is 174 g/mol. The Morgan fingerprint density at radius 1 is 1.46 bits per heavy atom. The van der Waals surface area contributed by atoms with Crippen molar-refractivity contribution in [2.45, 2.75) is 13.1 Å². The summed E-state index contributed by atoms with van der Waals surface area (Å²) in [6.45, 7) is 1.67. The van der Waals surface area contributed by atoms with E-state index in [1.165, 1.54) is 5.56 Å². The highest BCUT2D eigenvalue weighted by Gasteiger charge is 2.17. The first-order valence-electron chi connectivity index (χ1n) is 4.16. The van der Waals surface area contributed by atoms with Gasteiger partial charge in [-0.1, -0.05) is 6.07 Å². The lowest BCUT2D eigenvalue weighted by Gasteiger charge is -2.07. The van der Waals surface area contributed by atoms with E-state index in [2.05, 4.69) is 11.4 Å². The van der Waals surface area contributed by atoms with Gasteiger partial charge in [0.2, 0.25) is 0 Å². The first kappa shape index (κ1) is 8.09. The third kappa shape index (κ3) is 1.16. The van der Waals surface area contributed by atoms with Crippen molar-refractivity contribution in [1.29, 1.82) is 5.26 Å². The fourth-order valence-electron chi connectivity index (χ4n) is 1.67. The van der Waals surface area contributed by atoms with E-state index in [0.29, 0.717) is 5.56 Å². The number of benzene rings is 1. The molecule has 1 aliphatic heterocycles. The van der Waals surface area contributed by atoms with Gasteiger partial charge in [-0.2, -0.15) is 5.26 Å². The van der Waals surface area contributed by atoms with Crippen molar-refractivity contribution in [2.75, 3.05) is 7.11 Å². The second kappa shape index (κ2) is 3.08. The molecule has 0 aliphatic carbocycles. The summed E-state index contributed by atoms with van der Waals surface area (Å²) in [7, 11) is 1.61. The van der Waals surface area contributed by atoms with E-state index in [1.807, 2.05) is 12.1 Å². The smallest absolute Gasteiger partial charge is 0.141 e. The molecule has 66 valence electrons. The van der Waals surface area contributed by atoms with E-state index in [-0.39, 0.29) is 0 Å². The number of rotatable bonds is 1. The van der Waals surface area contributed by atoms with Gasteiger partial charge in [-0.3, -0.25) is 0 Å². The first-order valence-corrected chi connectivity index (χ1v) is 4.16. The maximum atomic E-state index is 8.83. The molecule has 2 rings (SSSR count). The molecule has 1 N–H and O–H groups in total. The number of nitrogens with one attached hydrogen (secondary N) is 1. The number of hydrogen-bond acceptors (Lipinski definition) is 3. The summed E-state index contributed by atoms with van der Waals surface area (Å²) in [5.74, 6) is 0.727. The van der Waals surface area contributed by atoms with Crippen molar-refractivity contribution < 1.29 is 4.74 Å². The van der Waals surface area contributed by atoms with Crippen LogP contribution in [0, 0.1) is 11.3 Å². The molecule has 0 radical (unpaired) electrons. The minimum Gasteiger partial charge on any atom is -0.495 e. The Hall–Kier alpha value is -1.53. The molecule has 1 aliphatic rings. The minimum absolute atomic E-state index is 0.616. The minimum atomic E-state index is 0.616. The zero-order valence-electron chi connectivity index (χ0n) is 7.42. The normalized spacial score (nSPS) is 13.5. The summed E-state index contributed by atoms with van der Waals surface area (Å²) in [5, 5.41) is 12.1. The van der Waals surface area contributed by atoms with Crippen LogP contribution in [-0.4, -0.2) is 7.11 Å². The van der Waals surface area contributed by atoms with Gasteiger partial charge in [0.1, 0.15) is 11.8 Å². The van der Waals surface area contributed by atoms with Crippen molar-refractivity contribution in [3.8, 4) is 11.8 Å². The van der Waals surface area contributed by atoms with Crippen LogP contribution < -0.4 is 10.1 Å². The van der Waals surface area contributed by atoms with E-state index < -0.39 is 0 Å². The van der Waals surface area contributed by atoms with Gasteiger partial charge in [-0.15, -0.1) is 0 Å². The highest BCUT2D eigenvalue weighted by Crippen LogP contribution is 2.29. The van der Waals surface area contributed by atoms with Crippen LogP contribution in [0.25, 0.3) is 0 Å². The van der Waals surface area contributed by atoms with Gasteiger partial charge in [-0.05, 0) is 11.6 Å². The van der Waals surface area contributed by atoms with Crippen LogP contribution in [0.1, 0.15) is 16.7 Å². The summed E-state index contributed by atoms with van der Waals surface area (Å²) in [6, 6.07) is 5.92. The average molecular weight is 174 g/mol. The second-order valence-electron chi connectivity index (χ2n) is 3.00. The molecule has 3 heteroatoms. The predicted molar refractivity (Wildman–Crippen MR) is 48.3 cm³/mol. The average Bonchev–Trinajstić information content (AvgIpc) is 2.63. The Labute approximate surface area is 76.9 Å². The van der Waals surface area contributed by atoms with E-state index in [9.17, 15) is 0 Å². The summed E-state index contributed by atoms with van der Waals surface area (Å²) in [5.41, 5.74) is 2.97. The summed E-state index contributed by atoms with van der Waals surface area (Å²) < 4.78 is 5.22. The molecule has 0 aromatic heterocycles. The second-order valence-corrected chi connectivity index (χ2v) is 3.00. The van der Waals surface area contributed by atoms with Crippen LogP contribution in [-0.2, 0) is 13.1 Å². The number of methoxy groups -OCH3 is 1. The fraction of sp³-hybridized carbons (Fsp3) is 0.300. The Balaban J connectivity index is 2.61. The maximum absolute atomic E-state index is 8.83. The molecule has 0 saturated heterocycles. The molecule has 13 heavy (non-hydrogen) atoms. The number of nitriles is 1. The lowest BCUT2D eigenvalue weighted by molar-refractivity contribution is 0.408. The zero-order chi connectivity index (χ0) is 9.26. The standard InChI is InChI=1S/C10H10N2O/c1-13-10-7(4-11)2-3-8-5-12-6-9(8)10/h2-3,12H,5-6H2,1H3. The predicted octanol–water partition coefficient (Wildman–Crippen LogP) is 1.17. The molecule has 0 atom stereocenters. The SMILES string of the molecule is COc1c(C#N)ccc2c1CNC2. The zero-order valence-corrected chi connectivity index (χ0v) is 7.42. The first-order chi connectivity index (χ1) is 6.36.